The molecule has 5 atom stereocenters. The first-order chi connectivity index (χ1) is 8.36. The Hall–Kier alpha value is -1.22. The minimum atomic E-state index is -1.49. The van der Waals surface area contributed by atoms with Crippen molar-refractivity contribution in [3.63, 3.8) is 0 Å². The van der Waals surface area contributed by atoms with E-state index < -0.39 is 49.1 Å². The Morgan fingerprint density at radius 3 is 2.39 bits per heavy atom. The molecule has 0 aromatic rings. The number of hydrogen-bond donors (Lipinski definition) is 4. The molecule has 0 aliphatic carbocycles. The van der Waals surface area contributed by atoms with Crippen LogP contribution < -0.4 is 5.32 Å². The second-order valence-corrected chi connectivity index (χ2v) is 4.04. The summed E-state index contributed by atoms with van der Waals surface area (Å²) >= 11 is 0. The topological polar surface area (TPSA) is 125 Å². The maximum atomic E-state index is 11.0. The van der Waals surface area contributed by atoms with Crippen LogP contribution in [-0.2, 0) is 19.1 Å². The number of carbonyl (C=O) groups is 2. The van der Waals surface area contributed by atoms with E-state index in [0.29, 0.717) is 0 Å². The molecule has 0 unspecified atom stereocenters. The molecule has 1 aliphatic heterocycles. The molecule has 1 fully saturated rings. The zero-order valence-corrected chi connectivity index (χ0v) is 10.1. The average molecular weight is 263 g/mol. The zero-order valence-electron chi connectivity index (χ0n) is 10.1. The van der Waals surface area contributed by atoms with Gasteiger partial charge in [0.15, 0.2) is 12.4 Å². The van der Waals surface area contributed by atoms with Gasteiger partial charge in [-0.25, -0.2) is 0 Å². The Kier molecular flexibility index (Phi) is 5.03. The first-order valence-electron chi connectivity index (χ1n) is 5.43. The molecule has 0 bridgehead atoms. The summed E-state index contributed by atoms with van der Waals surface area (Å²) in [5, 5.41) is 30.8. The Bertz CT molecular complexity index is 321. The molecular weight excluding hydrogens is 246 g/mol. The van der Waals surface area contributed by atoms with E-state index in [4.69, 9.17) is 14.6 Å². The van der Waals surface area contributed by atoms with Crippen LogP contribution >= 0.6 is 0 Å². The molecule has 8 nitrogen and oxygen atoms in total. The Balaban J connectivity index is 2.89. The van der Waals surface area contributed by atoms with Gasteiger partial charge in [-0.1, -0.05) is 0 Å². The summed E-state index contributed by atoms with van der Waals surface area (Å²) in [4.78, 5) is 22.0. The van der Waals surface area contributed by atoms with E-state index in [1.807, 2.05) is 0 Å². The van der Waals surface area contributed by atoms with Gasteiger partial charge in [0.1, 0.15) is 18.2 Å². The smallest absolute Gasteiger partial charge is 0.303 e. The standard InChI is InChI=1S/C10H17NO7/c1-4(13)11-7-9(17-5(2)14)8(15)6(3-12)18-10(7)16/h6-10,12,15-16H,3H2,1-2H3,(H,11,13)/t6-,7-,8-,9-,10+/m0/s1. The van der Waals surface area contributed by atoms with Crippen molar-refractivity contribution >= 4 is 11.9 Å². The zero-order chi connectivity index (χ0) is 13.9. The molecule has 0 aromatic carbocycles. The molecular formula is C10H17NO7. The van der Waals surface area contributed by atoms with E-state index in [9.17, 15) is 19.8 Å². The molecule has 0 spiro atoms. The second-order valence-electron chi connectivity index (χ2n) is 4.04. The van der Waals surface area contributed by atoms with Crippen molar-refractivity contribution in [1.29, 1.82) is 0 Å². The highest BCUT2D eigenvalue weighted by atomic mass is 16.6. The van der Waals surface area contributed by atoms with Crippen molar-refractivity contribution in [3.05, 3.63) is 0 Å². The predicted octanol–water partition coefficient (Wildman–Crippen LogP) is -2.51. The van der Waals surface area contributed by atoms with Crippen molar-refractivity contribution in [1.82, 2.24) is 5.32 Å². The molecule has 8 heteroatoms. The summed E-state index contributed by atoms with van der Waals surface area (Å²) < 4.78 is 9.79. The third-order valence-corrected chi connectivity index (χ3v) is 2.54. The number of nitrogens with one attached hydrogen (secondary N) is 1. The van der Waals surface area contributed by atoms with E-state index in [-0.39, 0.29) is 0 Å². The molecule has 1 saturated heterocycles. The highest BCUT2D eigenvalue weighted by Gasteiger charge is 2.46. The van der Waals surface area contributed by atoms with Crippen LogP contribution in [0.2, 0.25) is 0 Å². The van der Waals surface area contributed by atoms with E-state index in [0.717, 1.165) is 6.92 Å². The molecule has 1 amide bonds. The van der Waals surface area contributed by atoms with E-state index >= 15 is 0 Å². The molecule has 0 saturated carbocycles. The SMILES string of the molecule is CC(=O)N[C@H]1[C@H](OC(C)=O)[C@@H](O)[C@H](CO)O[C@H]1O. The van der Waals surface area contributed by atoms with Gasteiger partial charge in [0, 0.05) is 13.8 Å². The van der Waals surface area contributed by atoms with Gasteiger partial charge in [0.2, 0.25) is 5.91 Å². The second kappa shape index (κ2) is 6.10. The number of aliphatic hydroxyl groups is 3. The van der Waals surface area contributed by atoms with Crippen LogP contribution in [0.5, 0.6) is 0 Å². The molecule has 18 heavy (non-hydrogen) atoms. The summed E-state index contributed by atoms with van der Waals surface area (Å²) in [6.45, 7) is 1.79. The fourth-order valence-electron chi connectivity index (χ4n) is 1.80. The lowest BCUT2D eigenvalue weighted by Gasteiger charge is -2.41. The largest absolute Gasteiger partial charge is 0.457 e. The number of hydrogen-bond acceptors (Lipinski definition) is 7. The number of esters is 1. The van der Waals surface area contributed by atoms with Gasteiger partial charge >= 0.3 is 5.97 Å². The average Bonchev–Trinajstić information content (AvgIpc) is 2.27. The van der Waals surface area contributed by atoms with Crippen LogP contribution in [0.25, 0.3) is 0 Å². The minimum absolute atomic E-state index is 0.477. The highest BCUT2D eigenvalue weighted by Crippen LogP contribution is 2.22. The van der Waals surface area contributed by atoms with E-state index in [1.54, 1.807) is 0 Å². The number of aliphatic hydroxyl groups excluding tert-OH is 3. The van der Waals surface area contributed by atoms with Crippen LogP contribution in [0.3, 0.4) is 0 Å². The van der Waals surface area contributed by atoms with Gasteiger partial charge in [-0.15, -0.1) is 0 Å². The monoisotopic (exact) mass is 263 g/mol. The molecule has 104 valence electrons. The van der Waals surface area contributed by atoms with Crippen molar-refractivity contribution in [2.75, 3.05) is 6.61 Å². The van der Waals surface area contributed by atoms with Crippen LogP contribution in [0, 0.1) is 0 Å². The summed E-state index contributed by atoms with van der Waals surface area (Å²) in [5.41, 5.74) is 0. The van der Waals surface area contributed by atoms with Gasteiger partial charge in [0.05, 0.1) is 6.61 Å². The summed E-state index contributed by atoms with van der Waals surface area (Å²) in [6, 6.07) is -1.09. The van der Waals surface area contributed by atoms with Crippen LogP contribution in [0.15, 0.2) is 0 Å². The summed E-state index contributed by atoms with van der Waals surface area (Å²) in [6.07, 6.45) is -5.11. The lowest BCUT2D eigenvalue weighted by molar-refractivity contribution is -0.258. The molecule has 1 rings (SSSR count). The lowest BCUT2D eigenvalue weighted by atomic mass is 9.96. The Labute approximate surface area is 104 Å². The van der Waals surface area contributed by atoms with Crippen molar-refractivity contribution in [2.45, 2.75) is 44.5 Å². The summed E-state index contributed by atoms with van der Waals surface area (Å²) in [5.74, 6) is -1.16. The fourth-order valence-corrected chi connectivity index (χ4v) is 1.80. The third kappa shape index (κ3) is 3.39. The number of carbonyl (C=O) groups excluding carboxylic acids is 2. The van der Waals surface area contributed by atoms with Crippen molar-refractivity contribution < 1.29 is 34.4 Å². The Morgan fingerprint density at radius 2 is 1.94 bits per heavy atom. The van der Waals surface area contributed by atoms with E-state index in [2.05, 4.69) is 5.32 Å². The summed E-state index contributed by atoms with van der Waals surface area (Å²) in [7, 11) is 0. The molecule has 1 aliphatic rings. The number of ether oxygens (including phenoxy) is 2. The quantitative estimate of drug-likeness (QED) is 0.414. The molecule has 0 radical (unpaired) electrons. The van der Waals surface area contributed by atoms with Gasteiger partial charge in [-0.05, 0) is 0 Å². The van der Waals surface area contributed by atoms with Gasteiger partial charge in [-0.2, -0.15) is 0 Å². The van der Waals surface area contributed by atoms with Gasteiger partial charge in [0.25, 0.3) is 0 Å². The third-order valence-electron chi connectivity index (χ3n) is 2.54. The van der Waals surface area contributed by atoms with Crippen molar-refractivity contribution in [3.8, 4) is 0 Å². The molecule has 1 heterocycles. The highest BCUT2D eigenvalue weighted by molar-refractivity contribution is 5.73. The lowest BCUT2D eigenvalue weighted by Crippen LogP contribution is -2.65. The maximum absolute atomic E-state index is 11.0. The minimum Gasteiger partial charge on any atom is -0.457 e. The fraction of sp³-hybridized carbons (Fsp3) is 0.800. The van der Waals surface area contributed by atoms with Crippen molar-refractivity contribution in [2.24, 2.45) is 0 Å². The van der Waals surface area contributed by atoms with Crippen LogP contribution in [0.4, 0.5) is 0 Å². The van der Waals surface area contributed by atoms with Gasteiger partial charge < -0.3 is 30.1 Å². The van der Waals surface area contributed by atoms with Crippen LogP contribution in [0.1, 0.15) is 13.8 Å². The normalized spacial score (nSPS) is 35.9. The first kappa shape index (κ1) is 14.8. The molecule has 0 aromatic heterocycles. The maximum Gasteiger partial charge on any atom is 0.303 e. The Morgan fingerprint density at radius 1 is 1.33 bits per heavy atom. The first-order valence-corrected chi connectivity index (χ1v) is 5.43. The van der Waals surface area contributed by atoms with E-state index in [1.165, 1.54) is 6.92 Å². The van der Waals surface area contributed by atoms with Gasteiger partial charge in [-0.3, -0.25) is 9.59 Å². The number of rotatable bonds is 3. The number of amides is 1. The van der Waals surface area contributed by atoms with Crippen LogP contribution in [-0.4, -0.2) is 64.4 Å². The molecule has 4 N–H and O–H groups in total. The predicted molar refractivity (Wildman–Crippen MR) is 57.1 cm³/mol.